The van der Waals surface area contributed by atoms with Gasteiger partial charge in [0, 0.05) is 11.4 Å². The highest BCUT2D eigenvalue weighted by Crippen LogP contribution is 2.35. The van der Waals surface area contributed by atoms with Crippen LogP contribution in [0.1, 0.15) is 16.4 Å². The average Bonchev–Trinajstić information content (AvgIpc) is 2.74. The molecule has 1 atom stereocenters. The molecule has 0 aromatic heterocycles. The van der Waals surface area contributed by atoms with Crippen LogP contribution < -0.4 is 10.1 Å². The fourth-order valence-corrected chi connectivity index (χ4v) is 3.82. The molecule has 0 heterocycles. The predicted molar refractivity (Wildman–Crippen MR) is 111 cm³/mol. The quantitative estimate of drug-likeness (QED) is 0.568. The summed E-state index contributed by atoms with van der Waals surface area (Å²) >= 11 is 1.57. The minimum atomic E-state index is -0.274. The molecule has 1 N–H and O–H groups in total. The van der Waals surface area contributed by atoms with Gasteiger partial charge in [0.25, 0.3) is 0 Å². The molecule has 0 radical (unpaired) electrons. The Morgan fingerprint density at radius 1 is 0.926 bits per heavy atom. The van der Waals surface area contributed by atoms with Crippen LogP contribution in [-0.4, -0.2) is 19.6 Å². The summed E-state index contributed by atoms with van der Waals surface area (Å²) in [5.74, 6) is 0.870. The molecule has 27 heavy (non-hydrogen) atoms. The average molecular weight is 378 g/mol. The van der Waals surface area contributed by atoms with Crippen LogP contribution in [0.15, 0.2) is 89.8 Å². The summed E-state index contributed by atoms with van der Waals surface area (Å²) in [7, 11) is 1.66. The van der Waals surface area contributed by atoms with Gasteiger partial charge in [-0.3, -0.25) is 4.79 Å². The van der Waals surface area contributed by atoms with E-state index in [1.54, 1.807) is 18.9 Å². The lowest BCUT2D eigenvalue weighted by molar-refractivity contribution is -0.120. The fraction of sp³-hybridized carbons (Fsp3) is 0.174. The van der Waals surface area contributed by atoms with Gasteiger partial charge in [-0.2, -0.15) is 0 Å². The van der Waals surface area contributed by atoms with Gasteiger partial charge < -0.3 is 10.1 Å². The largest absolute Gasteiger partial charge is 0.497 e. The molecule has 4 heteroatoms. The number of carbonyl (C=O) groups excluding carboxylic acids is 1. The highest BCUT2D eigenvalue weighted by atomic mass is 32.2. The maximum Gasteiger partial charge on any atom is 0.238 e. The lowest BCUT2D eigenvalue weighted by Crippen LogP contribution is -2.29. The van der Waals surface area contributed by atoms with Gasteiger partial charge in [0.1, 0.15) is 11.0 Å². The molecule has 3 nitrogen and oxygen atoms in total. The van der Waals surface area contributed by atoms with Crippen molar-refractivity contribution in [1.29, 1.82) is 0 Å². The molecule has 1 amide bonds. The van der Waals surface area contributed by atoms with Crippen molar-refractivity contribution in [2.75, 3.05) is 13.7 Å². The van der Waals surface area contributed by atoms with E-state index in [4.69, 9.17) is 4.74 Å². The molecule has 0 aliphatic carbocycles. The van der Waals surface area contributed by atoms with Crippen molar-refractivity contribution in [2.45, 2.75) is 16.6 Å². The van der Waals surface area contributed by atoms with E-state index in [9.17, 15) is 4.79 Å². The lowest BCUT2D eigenvalue weighted by Gasteiger charge is -2.17. The summed E-state index contributed by atoms with van der Waals surface area (Å²) in [6, 6.07) is 27.9. The molecule has 0 aliphatic rings. The monoisotopic (exact) mass is 377 g/mol. The number of methoxy groups -OCH3 is 1. The Morgan fingerprint density at radius 2 is 1.56 bits per heavy atom. The van der Waals surface area contributed by atoms with Gasteiger partial charge >= 0.3 is 0 Å². The van der Waals surface area contributed by atoms with Crippen molar-refractivity contribution in [3.8, 4) is 5.75 Å². The topological polar surface area (TPSA) is 38.3 Å². The van der Waals surface area contributed by atoms with E-state index in [1.165, 1.54) is 5.56 Å². The van der Waals surface area contributed by atoms with E-state index in [-0.39, 0.29) is 11.2 Å². The molecule has 0 saturated carbocycles. The molecule has 3 aromatic rings. The smallest absolute Gasteiger partial charge is 0.238 e. The number of thioether (sulfide) groups is 1. The van der Waals surface area contributed by atoms with Gasteiger partial charge in [0.15, 0.2) is 0 Å². The van der Waals surface area contributed by atoms with Crippen LogP contribution in [0.5, 0.6) is 5.75 Å². The van der Waals surface area contributed by atoms with Crippen molar-refractivity contribution >= 4 is 17.7 Å². The third-order valence-electron chi connectivity index (χ3n) is 4.21. The maximum atomic E-state index is 12.9. The number of rotatable bonds is 8. The van der Waals surface area contributed by atoms with Crippen LogP contribution in [0.4, 0.5) is 0 Å². The van der Waals surface area contributed by atoms with Crippen molar-refractivity contribution in [3.05, 3.63) is 96.1 Å². The van der Waals surface area contributed by atoms with E-state index < -0.39 is 0 Å². The van der Waals surface area contributed by atoms with Crippen molar-refractivity contribution < 1.29 is 9.53 Å². The Labute approximate surface area is 164 Å². The number of ether oxygens (including phenoxy) is 1. The highest BCUT2D eigenvalue weighted by molar-refractivity contribution is 8.00. The number of benzene rings is 3. The number of hydrogen-bond donors (Lipinski definition) is 1. The molecular weight excluding hydrogens is 354 g/mol. The molecule has 3 aromatic carbocycles. The summed E-state index contributed by atoms with van der Waals surface area (Å²) in [5.41, 5.74) is 2.18. The predicted octanol–water partition coefficient (Wildman–Crippen LogP) is 4.89. The third-order valence-corrected chi connectivity index (χ3v) is 5.48. The zero-order valence-electron chi connectivity index (χ0n) is 15.3. The van der Waals surface area contributed by atoms with E-state index in [0.717, 1.165) is 22.6 Å². The molecule has 3 rings (SSSR count). The second kappa shape index (κ2) is 9.83. The number of nitrogens with one attached hydrogen (secondary N) is 1. The zero-order chi connectivity index (χ0) is 18.9. The first-order chi connectivity index (χ1) is 13.3. The van der Waals surface area contributed by atoms with Gasteiger partial charge in [-0.15, -0.1) is 11.8 Å². The SMILES string of the molecule is COc1ccc(CCNC(=O)[C@H](Sc2ccccc2)c2ccccc2)cc1. The summed E-state index contributed by atoms with van der Waals surface area (Å²) in [4.78, 5) is 14.0. The van der Waals surface area contributed by atoms with E-state index in [0.29, 0.717) is 6.54 Å². The Kier molecular flexibility index (Phi) is 6.94. The van der Waals surface area contributed by atoms with E-state index in [2.05, 4.69) is 5.32 Å². The van der Waals surface area contributed by atoms with Gasteiger partial charge in [-0.25, -0.2) is 0 Å². The number of carbonyl (C=O) groups is 1. The van der Waals surface area contributed by atoms with Crippen LogP contribution in [0.2, 0.25) is 0 Å². The molecule has 0 spiro atoms. The Morgan fingerprint density at radius 3 is 2.19 bits per heavy atom. The van der Waals surface area contributed by atoms with Crippen LogP contribution in [0.25, 0.3) is 0 Å². The van der Waals surface area contributed by atoms with Crippen molar-refractivity contribution in [1.82, 2.24) is 5.32 Å². The first-order valence-corrected chi connectivity index (χ1v) is 9.81. The highest BCUT2D eigenvalue weighted by Gasteiger charge is 2.21. The van der Waals surface area contributed by atoms with Crippen LogP contribution in [-0.2, 0) is 11.2 Å². The summed E-state index contributed by atoms with van der Waals surface area (Å²) in [5, 5.41) is 2.81. The standard InChI is InChI=1S/C23H23NO2S/c1-26-20-14-12-18(13-15-20)16-17-24-23(25)22(19-8-4-2-5-9-19)27-21-10-6-3-7-11-21/h2-15,22H,16-17H2,1H3,(H,24,25)/t22-/m1/s1. The van der Waals surface area contributed by atoms with Crippen molar-refractivity contribution in [3.63, 3.8) is 0 Å². The van der Waals surface area contributed by atoms with Gasteiger partial charge in [-0.1, -0.05) is 60.7 Å². The van der Waals surface area contributed by atoms with Gasteiger partial charge in [0.2, 0.25) is 5.91 Å². The van der Waals surface area contributed by atoms with Crippen molar-refractivity contribution in [2.24, 2.45) is 0 Å². The van der Waals surface area contributed by atoms with E-state index in [1.807, 2.05) is 84.9 Å². The molecule has 0 aliphatic heterocycles. The van der Waals surface area contributed by atoms with Crippen LogP contribution in [0.3, 0.4) is 0 Å². The van der Waals surface area contributed by atoms with Crippen LogP contribution in [0, 0.1) is 0 Å². The Balaban J connectivity index is 1.63. The molecule has 138 valence electrons. The van der Waals surface area contributed by atoms with E-state index >= 15 is 0 Å². The minimum Gasteiger partial charge on any atom is -0.497 e. The molecule has 0 saturated heterocycles. The molecular formula is C23H23NO2S. The Hall–Kier alpha value is -2.72. The fourth-order valence-electron chi connectivity index (χ4n) is 2.75. The second-order valence-corrected chi connectivity index (χ2v) is 7.29. The number of hydrogen-bond acceptors (Lipinski definition) is 3. The van der Waals surface area contributed by atoms with Gasteiger partial charge in [-0.05, 0) is 41.8 Å². The molecule has 0 fully saturated rings. The Bertz CT molecular complexity index is 835. The van der Waals surface area contributed by atoms with Gasteiger partial charge in [0.05, 0.1) is 7.11 Å². The number of amides is 1. The lowest BCUT2D eigenvalue weighted by atomic mass is 10.1. The van der Waals surface area contributed by atoms with Crippen LogP contribution >= 0.6 is 11.8 Å². The second-order valence-electron chi connectivity index (χ2n) is 6.11. The zero-order valence-corrected chi connectivity index (χ0v) is 16.1. The summed E-state index contributed by atoms with van der Waals surface area (Å²) < 4.78 is 5.18. The summed E-state index contributed by atoms with van der Waals surface area (Å²) in [6.45, 7) is 0.601. The maximum absolute atomic E-state index is 12.9. The minimum absolute atomic E-state index is 0.0311. The normalized spacial score (nSPS) is 11.6. The summed E-state index contributed by atoms with van der Waals surface area (Å²) in [6.07, 6.45) is 0.785. The molecule has 0 bridgehead atoms. The third kappa shape index (κ3) is 5.63. The first kappa shape index (κ1) is 19.1. The molecule has 0 unspecified atom stereocenters. The first-order valence-electron chi connectivity index (χ1n) is 8.93.